The van der Waals surface area contributed by atoms with E-state index >= 15 is 0 Å². The topological polar surface area (TPSA) is 76.7 Å². The average Bonchev–Trinajstić information content (AvgIpc) is 2.60. The summed E-state index contributed by atoms with van der Waals surface area (Å²) in [6.07, 6.45) is 0.00948. The Morgan fingerprint density at radius 2 is 1.77 bits per heavy atom. The number of nitrogens with one attached hydrogen (secondary N) is 2. The maximum Gasteiger partial charge on any atom is 0.276 e. The fraction of sp³-hybridized carbons (Fsp3) is 0.300. The van der Waals surface area contributed by atoms with Crippen LogP contribution in [0.5, 0.6) is 11.5 Å². The van der Waals surface area contributed by atoms with Crippen LogP contribution >= 0.6 is 0 Å². The van der Waals surface area contributed by atoms with Crippen LogP contribution in [-0.4, -0.2) is 24.5 Å². The van der Waals surface area contributed by atoms with Gasteiger partial charge in [-0.3, -0.25) is 20.4 Å². The van der Waals surface area contributed by atoms with Crippen LogP contribution in [0.2, 0.25) is 0 Å². The Kier molecular flexibility index (Phi) is 6.60. The highest BCUT2D eigenvalue weighted by Crippen LogP contribution is 2.20. The minimum absolute atomic E-state index is 0.00948. The van der Waals surface area contributed by atoms with Crippen LogP contribution in [0.4, 0.5) is 0 Å². The zero-order chi connectivity index (χ0) is 19.1. The van der Waals surface area contributed by atoms with Crippen LogP contribution in [0.3, 0.4) is 0 Å². The monoisotopic (exact) mass is 356 g/mol. The molecule has 2 aromatic carbocycles. The number of carbonyl (C=O) groups is 2. The summed E-state index contributed by atoms with van der Waals surface area (Å²) >= 11 is 0. The first-order valence-corrected chi connectivity index (χ1v) is 8.41. The third kappa shape index (κ3) is 5.51. The van der Waals surface area contributed by atoms with E-state index in [1.54, 1.807) is 30.3 Å². The maximum atomic E-state index is 12.1. The van der Waals surface area contributed by atoms with Crippen molar-refractivity contribution >= 4 is 11.8 Å². The van der Waals surface area contributed by atoms with Crippen molar-refractivity contribution in [1.29, 1.82) is 0 Å². The first-order valence-electron chi connectivity index (χ1n) is 8.41. The highest BCUT2D eigenvalue weighted by molar-refractivity contribution is 5.95. The Bertz CT molecular complexity index is 787. The van der Waals surface area contributed by atoms with Gasteiger partial charge in [0.25, 0.3) is 11.8 Å². The molecular weight excluding hydrogens is 332 g/mol. The average molecular weight is 356 g/mol. The van der Waals surface area contributed by atoms with Gasteiger partial charge in [-0.05, 0) is 63.1 Å². The number of rotatable bonds is 6. The summed E-state index contributed by atoms with van der Waals surface area (Å²) in [6, 6.07) is 12.4. The molecule has 2 rings (SSSR count). The fourth-order valence-electron chi connectivity index (χ4n) is 2.24. The van der Waals surface area contributed by atoms with Crippen LogP contribution in [0.15, 0.2) is 42.5 Å². The summed E-state index contributed by atoms with van der Waals surface area (Å²) in [5.41, 5.74) is 7.16. The van der Waals surface area contributed by atoms with Crippen molar-refractivity contribution in [3.8, 4) is 11.5 Å². The van der Waals surface area contributed by atoms with Crippen molar-refractivity contribution in [2.24, 2.45) is 0 Å². The molecular formula is C20H24N2O4. The van der Waals surface area contributed by atoms with Crippen LogP contribution in [0.1, 0.15) is 35.3 Å². The van der Waals surface area contributed by atoms with E-state index in [1.165, 1.54) is 0 Å². The molecule has 0 bridgehead atoms. The largest absolute Gasteiger partial charge is 0.491 e. The Morgan fingerprint density at radius 1 is 1.04 bits per heavy atom. The van der Waals surface area contributed by atoms with Crippen molar-refractivity contribution in [1.82, 2.24) is 10.9 Å². The summed E-state index contributed by atoms with van der Waals surface area (Å²) in [5, 5.41) is 0. The summed E-state index contributed by atoms with van der Waals surface area (Å²) in [5.74, 6) is 0.357. The molecule has 2 amide bonds. The summed E-state index contributed by atoms with van der Waals surface area (Å²) in [4.78, 5) is 24.0. The smallest absolute Gasteiger partial charge is 0.276 e. The van der Waals surface area contributed by atoms with E-state index in [2.05, 4.69) is 10.9 Å². The third-order valence-corrected chi connectivity index (χ3v) is 3.70. The van der Waals surface area contributed by atoms with Crippen LogP contribution in [-0.2, 0) is 4.79 Å². The van der Waals surface area contributed by atoms with Gasteiger partial charge in [0, 0.05) is 5.56 Å². The van der Waals surface area contributed by atoms with Crippen molar-refractivity contribution in [3.05, 3.63) is 59.2 Å². The van der Waals surface area contributed by atoms with Crippen molar-refractivity contribution in [2.45, 2.75) is 33.8 Å². The minimum Gasteiger partial charge on any atom is -0.491 e. The lowest BCUT2D eigenvalue weighted by Crippen LogP contribution is -2.43. The Balaban J connectivity index is 1.85. The second kappa shape index (κ2) is 8.89. The number of hydrogen-bond acceptors (Lipinski definition) is 4. The van der Waals surface area contributed by atoms with Gasteiger partial charge in [-0.15, -0.1) is 0 Å². The van der Waals surface area contributed by atoms with Gasteiger partial charge in [-0.2, -0.15) is 0 Å². The maximum absolute atomic E-state index is 12.1. The van der Waals surface area contributed by atoms with Crippen molar-refractivity contribution < 1.29 is 19.1 Å². The number of hydrogen-bond donors (Lipinski definition) is 2. The number of ether oxygens (including phenoxy) is 2. The van der Waals surface area contributed by atoms with Gasteiger partial charge in [-0.1, -0.05) is 18.2 Å². The highest BCUT2D eigenvalue weighted by atomic mass is 16.5. The molecule has 0 fully saturated rings. The van der Waals surface area contributed by atoms with Gasteiger partial charge in [0.2, 0.25) is 0 Å². The molecule has 0 unspecified atom stereocenters. The van der Waals surface area contributed by atoms with Gasteiger partial charge in [0.05, 0.1) is 6.10 Å². The molecule has 0 saturated carbocycles. The lowest BCUT2D eigenvalue weighted by atomic mass is 10.1. The highest BCUT2D eigenvalue weighted by Gasteiger charge is 2.10. The van der Waals surface area contributed by atoms with Crippen LogP contribution < -0.4 is 20.3 Å². The summed E-state index contributed by atoms with van der Waals surface area (Å²) in [7, 11) is 0. The van der Waals surface area contributed by atoms with E-state index in [9.17, 15) is 9.59 Å². The molecule has 0 aliphatic carbocycles. The van der Waals surface area contributed by atoms with E-state index in [0.717, 1.165) is 11.1 Å². The second-order valence-electron chi connectivity index (χ2n) is 6.18. The molecule has 0 radical (unpaired) electrons. The van der Waals surface area contributed by atoms with Gasteiger partial charge in [0.15, 0.2) is 6.61 Å². The number of carbonyl (C=O) groups excluding carboxylic acids is 2. The van der Waals surface area contributed by atoms with Crippen molar-refractivity contribution in [2.75, 3.05) is 6.61 Å². The Hall–Kier alpha value is -3.02. The summed E-state index contributed by atoms with van der Waals surface area (Å²) in [6.45, 7) is 7.52. The van der Waals surface area contributed by atoms with Gasteiger partial charge >= 0.3 is 0 Å². The molecule has 0 heterocycles. The Labute approximate surface area is 153 Å². The van der Waals surface area contributed by atoms with E-state index in [0.29, 0.717) is 17.1 Å². The molecule has 2 N–H and O–H groups in total. The van der Waals surface area contributed by atoms with E-state index in [1.807, 2.05) is 39.8 Å². The van der Waals surface area contributed by atoms with E-state index in [4.69, 9.17) is 9.47 Å². The molecule has 0 saturated heterocycles. The van der Waals surface area contributed by atoms with E-state index in [-0.39, 0.29) is 12.7 Å². The number of benzene rings is 2. The Morgan fingerprint density at radius 3 is 2.50 bits per heavy atom. The number of hydrazine groups is 1. The SMILES string of the molecule is Cc1cccc(OCC(=O)NNC(=O)c2cccc(OC(C)C)c2)c1C. The zero-order valence-corrected chi connectivity index (χ0v) is 15.5. The molecule has 138 valence electrons. The predicted octanol–water partition coefficient (Wildman–Crippen LogP) is 2.93. The van der Waals surface area contributed by atoms with E-state index < -0.39 is 11.8 Å². The first kappa shape index (κ1) is 19.3. The van der Waals surface area contributed by atoms with Crippen LogP contribution in [0, 0.1) is 13.8 Å². The second-order valence-corrected chi connectivity index (χ2v) is 6.18. The van der Waals surface area contributed by atoms with Crippen molar-refractivity contribution in [3.63, 3.8) is 0 Å². The molecule has 6 nitrogen and oxygen atoms in total. The van der Waals surface area contributed by atoms with Crippen LogP contribution in [0.25, 0.3) is 0 Å². The number of amides is 2. The molecule has 0 aliphatic heterocycles. The summed E-state index contributed by atoms with van der Waals surface area (Å²) < 4.78 is 11.0. The molecule has 26 heavy (non-hydrogen) atoms. The third-order valence-electron chi connectivity index (χ3n) is 3.70. The lowest BCUT2D eigenvalue weighted by Gasteiger charge is -2.12. The molecule has 2 aromatic rings. The van der Waals surface area contributed by atoms with Gasteiger partial charge in [0.1, 0.15) is 11.5 Å². The van der Waals surface area contributed by atoms with Gasteiger partial charge < -0.3 is 9.47 Å². The zero-order valence-electron chi connectivity index (χ0n) is 15.5. The minimum atomic E-state index is -0.450. The quantitative estimate of drug-likeness (QED) is 0.780. The fourth-order valence-corrected chi connectivity index (χ4v) is 2.24. The molecule has 0 spiro atoms. The first-order chi connectivity index (χ1) is 12.4. The lowest BCUT2D eigenvalue weighted by molar-refractivity contribution is -0.123. The normalized spacial score (nSPS) is 10.3. The molecule has 6 heteroatoms. The van der Waals surface area contributed by atoms with Gasteiger partial charge in [-0.25, -0.2) is 0 Å². The standard InChI is InChI=1S/C20H24N2O4/c1-13(2)26-17-9-6-8-16(11-17)20(24)22-21-19(23)12-25-18-10-5-7-14(3)15(18)4/h5-11,13H,12H2,1-4H3,(H,21,23)(H,22,24). The predicted molar refractivity (Wildman–Crippen MR) is 99.2 cm³/mol. The molecule has 0 aromatic heterocycles. The molecule has 0 atom stereocenters. The number of aryl methyl sites for hydroxylation is 1. The molecule has 0 aliphatic rings.